The number of amides is 1. The summed E-state index contributed by atoms with van der Waals surface area (Å²) in [7, 11) is 1.61. The van der Waals surface area contributed by atoms with Crippen molar-refractivity contribution in [1.82, 2.24) is 5.32 Å². The van der Waals surface area contributed by atoms with Gasteiger partial charge in [0.2, 0.25) is 0 Å². The van der Waals surface area contributed by atoms with E-state index in [1.54, 1.807) is 26.2 Å². The van der Waals surface area contributed by atoms with Gasteiger partial charge in [-0.25, -0.2) is 4.79 Å². The Morgan fingerprint density at radius 2 is 1.60 bits per heavy atom. The number of hydrogen-bond acceptors (Lipinski definition) is 4. The fraction of sp³-hybridized carbons (Fsp3) is 0.200. The maximum absolute atomic E-state index is 13.3. The molecule has 0 aliphatic carbocycles. The van der Waals surface area contributed by atoms with Crippen molar-refractivity contribution >= 4 is 11.9 Å². The molecule has 0 bridgehead atoms. The quantitative estimate of drug-likeness (QED) is 0.655. The van der Waals surface area contributed by atoms with Gasteiger partial charge < -0.3 is 14.8 Å². The molecule has 30 heavy (non-hydrogen) atoms. The molecule has 0 saturated carbocycles. The predicted molar refractivity (Wildman–Crippen MR) is 113 cm³/mol. The second-order valence-electron chi connectivity index (χ2n) is 7.54. The fourth-order valence-corrected chi connectivity index (χ4v) is 3.74. The van der Waals surface area contributed by atoms with Gasteiger partial charge in [-0.1, -0.05) is 60.7 Å². The minimum atomic E-state index is -1.29. The molecule has 152 valence electrons. The first-order chi connectivity index (χ1) is 14.5. The highest BCUT2D eigenvalue weighted by molar-refractivity contribution is 5.97. The van der Waals surface area contributed by atoms with Crippen LogP contribution in [0.15, 0.2) is 78.9 Å². The number of carbonyl (C=O) groups is 2. The molecule has 0 radical (unpaired) electrons. The molecular weight excluding hydrogens is 378 g/mol. The summed E-state index contributed by atoms with van der Waals surface area (Å²) in [4.78, 5) is 25.8. The average Bonchev–Trinajstić information content (AvgIpc) is 2.78. The number of hydrogen-bond donors (Lipinski definition) is 1. The van der Waals surface area contributed by atoms with Crippen molar-refractivity contribution in [2.24, 2.45) is 0 Å². The lowest BCUT2D eigenvalue weighted by Gasteiger charge is -2.34. The van der Waals surface area contributed by atoms with E-state index in [-0.39, 0.29) is 5.91 Å². The highest BCUT2D eigenvalue weighted by atomic mass is 16.6. The van der Waals surface area contributed by atoms with Gasteiger partial charge in [-0.2, -0.15) is 0 Å². The maximum atomic E-state index is 13.3. The third-order valence-corrected chi connectivity index (χ3v) is 5.42. The molecule has 0 aromatic heterocycles. The van der Waals surface area contributed by atoms with Crippen LogP contribution in [-0.2, 0) is 16.0 Å². The van der Waals surface area contributed by atoms with Crippen LogP contribution in [0.2, 0.25) is 0 Å². The second-order valence-corrected chi connectivity index (χ2v) is 7.54. The Labute approximate surface area is 175 Å². The summed E-state index contributed by atoms with van der Waals surface area (Å²) < 4.78 is 10.8. The summed E-state index contributed by atoms with van der Waals surface area (Å²) >= 11 is 0. The molecule has 2 unspecified atom stereocenters. The van der Waals surface area contributed by atoms with E-state index in [0.717, 1.165) is 22.4 Å². The minimum absolute atomic E-state index is 0.324. The lowest BCUT2D eigenvalue weighted by atomic mass is 9.88. The number of cyclic esters (lactones) is 1. The van der Waals surface area contributed by atoms with Crippen LogP contribution in [0.5, 0.6) is 5.75 Å². The van der Waals surface area contributed by atoms with E-state index >= 15 is 0 Å². The van der Waals surface area contributed by atoms with Crippen LogP contribution >= 0.6 is 0 Å². The number of ether oxygens (including phenoxy) is 2. The summed E-state index contributed by atoms with van der Waals surface area (Å²) in [6.07, 6.45) is 0.324. The zero-order valence-electron chi connectivity index (χ0n) is 16.9. The third-order valence-electron chi connectivity index (χ3n) is 5.42. The van der Waals surface area contributed by atoms with Crippen LogP contribution in [0, 0.1) is 0 Å². The van der Waals surface area contributed by atoms with Gasteiger partial charge in [0, 0.05) is 6.42 Å². The standard InChI is InChI=1S/C25H23NO4/c1-25(16-19-10-6-7-11-21(19)23(27)30-25)24(28)26-22(17-8-4-3-5-9-17)18-12-14-20(29-2)15-13-18/h3-15,22H,16H2,1-2H3,(H,26,28). The summed E-state index contributed by atoms with van der Waals surface area (Å²) in [6.45, 7) is 1.66. The number of fused-ring (bicyclic) bond motifs is 1. The molecule has 1 aliphatic heterocycles. The van der Waals surface area contributed by atoms with Crippen molar-refractivity contribution in [2.45, 2.75) is 25.0 Å². The van der Waals surface area contributed by atoms with E-state index in [9.17, 15) is 9.59 Å². The van der Waals surface area contributed by atoms with Crippen LogP contribution in [0.1, 0.15) is 40.0 Å². The van der Waals surface area contributed by atoms with Crippen molar-refractivity contribution < 1.29 is 19.1 Å². The molecular formula is C25H23NO4. The monoisotopic (exact) mass is 401 g/mol. The van der Waals surface area contributed by atoms with Crippen LogP contribution < -0.4 is 10.1 Å². The molecule has 1 N–H and O–H groups in total. The van der Waals surface area contributed by atoms with Gasteiger partial charge in [0.05, 0.1) is 18.7 Å². The van der Waals surface area contributed by atoms with Gasteiger partial charge in [0.1, 0.15) is 5.75 Å². The van der Waals surface area contributed by atoms with Gasteiger partial charge in [-0.05, 0) is 41.8 Å². The van der Waals surface area contributed by atoms with E-state index in [1.807, 2.05) is 66.7 Å². The first-order valence-electron chi connectivity index (χ1n) is 9.81. The topological polar surface area (TPSA) is 64.6 Å². The molecule has 3 aromatic carbocycles. The van der Waals surface area contributed by atoms with Gasteiger partial charge in [0.25, 0.3) is 5.91 Å². The second kappa shape index (κ2) is 8.03. The Kier molecular flexibility index (Phi) is 5.27. The van der Waals surface area contributed by atoms with E-state index < -0.39 is 17.6 Å². The maximum Gasteiger partial charge on any atom is 0.339 e. The Morgan fingerprint density at radius 1 is 0.967 bits per heavy atom. The van der Waals surface area contributed by atoms with Crippen LogP contribution in [0.3, 0.4) is 0 Å². The highest BCUT2D eigenvalue weighted by Gasteiger charge is 2.43. The van der Waals surface area contributed by atoms with E-state index in [4.69, 9.17) is 9.47 Å². The normalized spacial score (nSPS) is 18.7. The van der Waals surface area contributed by atoms with E-state index in [0.29, 0.717) is 12.0 Å². The number of rotatable bonds is 5. The van der Waals surface area contributed by atoms with Gasteiger partial charge >= 0.3 is 5.97 Å². The number of methoxy groups -OCH3 is 1. The lowest BCUT2D eigenvalue weighted by molar-refractivity contribution is -0.140. The summed E-state index contributed by atoms with van der Waals surface area (Å²) in [6, 6.07) is 24.1. The Hall–Kier alpha value is -3.60. The minimum Gasteiger partial charge on any atom is -0.497 e. The summed E-state index contributed by atoms with van der Waals surface area (Å²) in [5, 5.41) is 3.09. The predicted octanol–water partition coefficient (Wildman–Crippen LogP) is 4.07. The molecule has 4 rings (SSSR count). The Bertz CT molecular complexity index is 1060. The first-order valence-corrected chi connectivity index (χ1v) is 9.81. The molecule has 1 amide bonds. The summed E-state index contributed by atoms with van der Waals surface area (Å²) in [5.74, 6) is -0.0769. The molecule has 0 spiro atoms. The molecule has 3 aromatic rings. The smallest absolute Gasteiger partial charge is 0.339 e. The number of nitrogens with one attached hydrogen (secondary N) is 1. The zero-order valence-corrected chi connectivity index (χ0v) is 16.9. The molecule has 5 heteroatoms. The van der Waals surface area contributed by atoms with E-state index in [2.05, 4.69) is 5.32 Å². The molecule has 2 atom stereocenters. The van der Waals surface area contributed by atoms with Crippen molar-refractivity contribution in [3.63, 3.8) is 0 Å². The fourth-order valence-electron chi connectivity index (χ4n) is 3.74. The first kappa shape index (κ1) is 19.7. The van der Waals surface area contributed by atoms with Crippen molar-refractivity contribution in [3.8, 4) is 5.75 Å². The van der Waals surface area contributed by atoms with Gasteiger partial charge in [-0.15, -0.1) is 0 Å². The van der Waals surface area contributed by atoms with Crippen LogP contribution in [0.25, 0.3) is 0 Å². The van der Waals surface area contributed by atoms with E-state index in [1.165, 1.54) is 0 Å². The summed E-state index contributed by atoms with van der Waals surface area (Å²) in [5.41, 5.74) is 1.87. The van der Waals surface area contributed by atoms with Gasteiger partial charge in [-0.3, -0.25) is 4.79 Å². The Morgan fingerprint density at radius 3 is 2.30 bits per heavy atom. The SMILES string of the molecule is COc1ccc(C(NC(=O)C2(C)Cc3ccccc3C(=O)O2)c2ccccc2)cc1. The molecule has 1 aliphatic rings. The van der Waals surface area contributed by atoms with Crippen molar-refractivity contribution in [2.75, 3.05) is 7.11 Å². The third kappa shape index (κ3) is 3.79. The molecule has 0 fully saturated rings. The largest absolute Gasteiger partial charge is 0.497 e. The van der Waals surface area contributed by atoms with Crippen LogP contribution in [-0.4, -0.2) is 24.6 Å². The zero-order chi connectivity index (χ0) is 21.1. The molecule has 0 saturated heterocycles. The number of carbonyl (C=O) groups excluding carboxylic acids is 2. The van der Waals surface area contributed by atoms with Crippen molar-refractivity contribution in [3.05, 3.63) is 101 Å². The van der Waals surface area contributed by atoms with Crippen molar-refractivity contribution in [1.29, 1.82) is 0 Å². The average molecular weight is 401 g/mol. The lowest BCUT2D eigenvalue weighted by Crippen LogP contribution is -2.52. The highest BCUT2D eigenvalue weighted by Crippen LogP contribution is 2.30. The number of benzene rings is 3. The van der Waals surface area contributed by atoms with Crippen LogP contribution in [0.4, 0.5) is 0 Å². The molecule has 5 nitrogen and oxygen atoms in total. The Balaban J connectivity index is 1.64. The molecule has 1 heterocycles. The van der Waals surface area contributed by atoms with Gasteiger partial charge in [0.15, 0.2) is 5.60 Å². The number of esters is 1.